The fraction of sp³-hybridized carbons (Fsp3) is 0.667. The zero-order valence-electron chi connectivity index (χ0n) is 12.5. The van der Waals surface area contributed by atoms with Gasteiger partial charge in [-0.15, -0.1) is 0 Å². The molecule has 2 atom stereocenters. The normalized spacial score (nSPS) is 14.9. The smallest absolute Gasteiger partial charge is 0.325 e. The first-order valence-corrected chi connectivity index (χ1v) is 7.99. The quantitative estimate of drug-likeness (QED) is 0.651. The van der Waals surface area contributed by atoms with Crippen molar-refractivity contribution >= 4 is 16.0 Å². The Hall–Kier alpha value is -1.45. The lowest BCUT2D eigenvalue weighted by Crippen LogP contribution is -2.35. The van der Waals surface area contributed by atoms with Crippen LogP contribution >= 0.6 is 0 Å². The minimum Gasteiger partial charge on any atom is -0.480 e. The topological polar surface area (TPSA) is 122 Å². The molecule has 1 heterocycles. The Bertz CT molecular complexity index is 621. The van der Waals surface area contributed by atoms with Gasteiger partial charge in [0.15, 0.2) is 0 Å². The van der Waals surface area contributed by atoms with E-state index < -0.39 is 34.7 Å². The van der Waals surface area contributed by atoms with E-state index in [0.717, 1.165) is 4.68 Å². The SMILES string of the molecule is Cc1nn(CC(=O)O)c(C)c1S(=O)(=O)NC(C)CC(C)O. The predicted molar refractivity (Wildman–Crippen MR) is 75.4 cm³/mol. The molecule has 0 spiro atoms. The minimum absolute atomic E-state index is 0.0128. The molecule has 2 unspecified atom stereocenters. The number of sulfonamides is 1. The number of hydrogen-bond acceptors (Lipinski definition) is 5. The average molecular weight is 319 g/mol. The molecule has 0 aliphatic carbocycles. The third kappa shape index (κ3) is 4.51. The molecule has 0 saturated heterocycles. The van der Waals surface area contributed by atoms with E-state index in [0.29, 0.717) is 0 Å². The van der Waals surface area contributed by atoms with Crippen LogP contribution in [0.3, 0.4) is 0 Å². The minimum atomic E-state index is -3.82. The molecular weight excluding hydrogens is 298 g/mol. The van der Waals surface area contributed by atoms with Gasteiger partial charge in [-0.3, -0.25) is 9.48 Å². The van der Waals surface area contributed by atoms with Crippen LogP contribution in [0.15, 0.2) is 4.90 Å². The first kappa shape index (κ1) is 17.6. The van der Waals surface area contributed by atoms with Crippen molar-refractivity contribution in [3.8, 4) is 0 Å². The zero-order chi connectivity index (χ0) is 16.4. The molecule has 1 aromatic heterocycles. The summed E-state index contributed by atoms with van der Waals surface area (Å²) in [5.41, 5.74) is 0.511. The van der Waals surface area contributed by atoms with Gasteiger partial charge in [0.2, 0.25) is 10.0 Å². The van der Waals surface area contributed by atoms with Crippen molar-refractivity contribution in [2.24, 2.45) is 0 Å². The Morgan fingerprint density at radius 2 is 1.95 bits per heavy atom. The number of aliphatic hydroxyl groups is 1. The summed E-state index contributed by atoms with van der Waals surface area (Å²) in [6.45, 7) is 5.85. The molecule has 8 nitrogen and oxygen atoms in total. The number of aliphatic carboxylic acids is 1. The summed E-state index contributed by atoms with van der Waals surface area (Å²) in [5, 5.41) is 22.0. The summed E-state index contributed by atoms with van der Waals surface area (Å²) < 4.78 is 28.4. The van der Waals surface area contributed by atoms with Crippen molar-refractivity contribution in [2.75, 3.05) is 0 Å². The summed E-state index contributed by atoms with van der Waals surface area (Å²) in [7, 11) is -3.82. The molecule has 0 fully saturated rings. The molecule has 0 aromatic carbocycles. The lowest BCUT2D eigenvalue weighted by Gasteiger charge is -2.15. The average Bonchev–Trinajstić information content (AvgIpc) is 2.50. The van der Waals surface area contributed by atoms with Crippen LogP contribution in [0.4, 0.5) is 0 Å². The fourth-order valence-electron chi connectivity index (χ4n) is 2.24. The van der Waals surface area contributed by atoms with E-state index in [9.17, 15) is 18.3 Å². The van der Waals surface area contributed by atoms with Gasteiger partial charge in [-0.25, -0.2) is 13.1 Å². The number of carboxylic acids is 1. The second-order valence-electron chi connectivity index (χ2n) is 5.16. The molecule has 1 rings (SSSR count). The van der Waals surface area contributed by atoms with Crippen molar-refractivity contribution in [3.05, 3.63) is 11.4 Å². The largest absolute Gasteiger partial charge is 0.480 e. The molecule has 0 aliphatic rings. The third-order valence-corrected chi connectivity index (χ3v) is 4.76. The summed E-state index contributed by atoms with van der Waals surface area (Å²) in [4.78, 5) is 10.7. The van der Waals surface area contributed by atoms with E-state index in [2.05, 4.69) is 9.82 Å². The van der Waals surface area contributed by atoms with Gasteiger partial charge in [0.05, 0.1) is 17.5 Å². The van der Waals surface area contributed by atoms with Crippen LogP contribution in [0.1, 0.15) is 31.7 Å². The highest BCUT2D eigenvalue weighted by Crippen LogP contribution is 2.20. The molecule has 21 heavy (non-hydrogen) atoms. The number of nitrogens with one attached hydrogen (secondary N) is 1. The van der Waals surface area contributed by atoms with Crippen molar-refractivity contribution in [1.29, 1.82) is 0 Å². The number of aliphatic hydroxyl groups excluding tert-OH is 1. The molecule has 3 N–H and O–H groups in total. The molecule has 1 aromatic rings. The number of carbonyl (C=O) groups is 1. The van der Waals surface area contributed by atoms with Crippen LogP contribution < -0.4 is 4.72 Å². The second kappa shape index (κ2) is 6.54. The van der Waals surface area contributed by atoms with Crippen LogP contribution in [-0.4, -0.2) is 46.5 Å². The van der Waals surface area contributed by atoms with Gasteiger partial charge >= 0.3 is 5.97 Å². The Morgan fingerprint density at radius 3 is 2.43 bits per heavy atom. The second-order valence-corrected chi connectivity index (χ2v) is 6.81. The van der Waals surface area contributed by atoms with Crippen molar-refractivity contribution in [2.45, 2.75) is 57.7 Å². The van der Waals surface area contributed by atoms with E-state index in [1.807, 2.05) is 0 Å². The number of nitrogens with zero attached hydrogens (tertiary/aromatic N) is 2. The molecule has 0 saturated carbocycles. The number of carboxylic acid groups (broad SMARTS) is 1. The summed E-state index contributed by atoms with van der Waals surface area (Å²) >= 11 is 0. The van der Waals surface area contributed by atoms with Crippen molar-refractivity contribution < 1.29 is 23.4 Å². The maximum Gasteiger partial charge on any atom is 0.325 e. The van der Waals surface area contributed by atoms with Gasteiger partial charge in [0, 0.05) is 6.04 Å². The van der Waals surface area contributed by atoms with Gasteiger partial charge in [-0.2, -0.15) is 5.10 Å². The number of rotatable bonds is 7. The van der Waals surface area contributed by atoms with Crippen LogP contribution in [0.25, 0.3) is 0 Å². The highest BCUT2D eigenvalue weighted by Gasteiger charge is 2.26. The zero-order valence-corrected chi connectivity index (χ0v) is 13.3. The summed E-state index contributed by atoms with van der Waals surface area (Å²) in [5.74, 6) is -1.10. The lowest BCUT2D eigenvalue weighted by molar-refractivity contribution is -0.137. The van der Waals surface area contributed by atoms with E-state index in [4.69, 9.17) is 5.11 Å². The van der Waals surface area contributed by atoms with E-state index in [1.54, 1.807) is 13.8 Å². The summed E-state index contributed by atoms with van der Waals surface area (Å²) in [6.07, 6.45) is -0.347. The fourth-order valence-corrected chi connectivity index (χ4v) is 3.90. The Morgan fingerprint density at radius 1 is 1.38 bits per heavy atom. The first-order chi connectivity index (χ1) is 9.54. The molecule has 9 heteroatoms. The Labute approximate surface area is 123 Å². The lowest BCUT2D eigenvalue weighted by atomic mass is 10.2. The molecular formula is C12H21N3O5S. The molecule has 0 amide bonds. The van der Waals surface area contributed by atoms with Crippen molar-refractivity contribution in [1.82, 2.24) is 14.5 Å². The first-order valence-electron chi connectivity index (χ1n) is 6.50. The van der Waals surface area contributed by atoms with E-state index in [1.165, 1.54) is 13.8 Å². The van der Waals surface area contributed by atoms with E-state index in [-0.39, 0.29) is 22.7 Å². The maximum absolute atomic E-state index is 12.4. The monoisotopic (exact) mass is 319 g/mol. The highest BCUT2D eigenvalue weighted by atomic mass is 32.2. The standard InChI is InChI=1S/C12H21N3O5S/c1-7(5-8(2)16)14-21(19,20)12-9(3)13-15(10(12)4)6-11(17)18/h7-8,14,16H,5-6H2,1-4H3,(H,17,18). The molecule has 0 aliphatic heterocycles. The van der Waals surface area contributed by atoms with E-state index >= 15 is 0 Å². The number of aryl methyl sites for hydroxylation is 1. The number of hydrogen-bond donors (Lipinski definition) is 3. The third-order valence-electron chi connectivity index (χ3n) is 2.92. The Kier molecular flexibility index (Phi) is 5.48. The maximum atomic E-state index is 12.4. The van der Waals surface area contributed by atoms with Gasteiger partial charge in [0.1, 0.15) is 11.4 Å². The van der Waals surface area contributed by atoms with Crippen LogP contribution in [0.2, 0.25) is 0 Å². The number of aromatic nitrogens is 2. The molecule has 0 radical (unpaired) electrons. The van der Waals surface area contributed by atoms with Crippen molar-refractivity contribution in [3.63, 3.8) is 0 Å². The van der Waals surface area contributed by atoms with Gasteiger partial charge in [-0.05, 0) is 34.1 Å². The summed E-state index contributed by atoms with van der Waals surface area (Å²) in [6, 6.07) is -0.448. The predicted octanol–water partition coefficient (Wildman–Crippen LogP) is 0.0222. The van der Waals surface area contributed by atoms with Gasteiger partial charge < -0.3 is 10.2 Å². The highest BCUT2D eigenvalue weighted by molar-refractivity contribution is 7.89. The molecule has 120 valence electrons. The molecule has 0 bridgehead atoms. The van der Waals surface area contributed by atoms with Gasteiger partial charge in [0.25, 0.3) is 0 Å². The van der Waals surface area contributed by atoms with Crippen LogP contribution in [-0.2, 0) is 21.4 Å². The van der Waals surface area contributed by atoms with Crippen LogP contribution in [0, 0.1) is 13.8 Å². The van der Waals surface area contributed by atoms with Crippen LogP contribution in [0.5, 0.6) is 0 Å². The Balaban J connectivity index is 3.09. The van der Waals surface area contributed by atoms with Gasteiger partial charge in [-0.1, -0.05) is 0 Å².